The molecule has 0 aromatic heterocycles. The molecule has 2 rings (SSSR count). The molecule has 0 spiro atoms. The van der Waals surface area contributed by atoms with Crippen LogP contribution in [0.4, 0.5) is 16.2 Å². The normalized spacial score (nSPS) is 17.0. The van der Waals surface area contributed by atoms with E-state index in [2.05, 4.69) is 5.32 Å². The number of carbonyl (C=O) groups is 1. The van der Waals surface area contributed by atoms with Crippen LogP contribution < -0.4 is 5.32 Å². The Labute approximate surface area is 135 Å². The first-order valence-electron chi connectivity index (χ1n) is 7.80. The van der Waals surface area contributed by atoms with Gasteiger partial charge in [-0.3, -0.25) is 10.1 Å². The van der Waals surface area contributed by atoms with Gasteiger partial charge in [0, 0.05) is 19.2 Å². The van der Waals surface area contributed by atoms with Crippen molar-refractivity contribution in [3.8, 4) is 0 Å². The van der Waals surface area contributed by atoms with Gasteiger partial charge in [-0.1, -0.05) is 6.07 Å². The van der Waals surface area contributed by atoms with E-state index < -0.39 is 4.92 Å². The van der Waals surface area contributed by atoms with Crippen molar-refractivity contribution in [1.29, 1.82) is 0 Å². The number of nitrogens with zero attached hydrogens (tertiary/aromatic N) is 2. The largest absolute Gasteiger partial charge is 0.393 e. The minimum Gasteiger partial charge on any atom is -0.393 e. The lowest BCUT2D eigenvalue weighted by Crippen LogP contribution is -2.43. The number of likely N-dealkylation sites (tertiary alicyclic amines) is 1. The highest BCUT2D eigenvalue weighted by molar-refractivity contribution is 5.91. The van der Waals surface area contributed by atoms with Crippen LogP contribution in [0.25, 0.3) is 0 Å². The number of rotatable bonds is 3. The number of aliphatic hydroxyl groups excluding tert-OH is 1. The number of hydrogen-bond donors (Lipinski definition) is 2. The Balaban J connectivity index is 2.09. The Morgan fingerprint density at radius 3 is 2.52 bits per heavy atom. The van der Waals surface area contributed by atoms with E-state index in [1.165, 1.54) is 6.07 Å². The molecule has 0 bridgehead atoms. The predicted molar refractivity (Wildman–Crippen MR) is 87.6 cm³/mol. The average molecular weight is 321 g/mol. The van der Waals surface area contributed by atoms with Crippen LogP contribution in [0.2, 0.25) is 0 Å². The number of nitro benzene ring substituents is 1. The molecule has 1 aromatic rings. The summed E-state index contributed by atoms with van der Waals surface area (Å²) in [7, 11) is 0. The smallest absolute Gasteiger partial charge is 0.321 e. The van der Waals surface area contributed by atoms with Gasteiger partial charge in [-0.2, -0.15) is 0 Å². The predicted octanol–water partition coefficient (Wildman–Crippen LogP) is 2.84. The second-order valence-electron chi connectivity index (χ2n) is 6.15. The standard InChI is InChI=1S/C16H23N3O4/c1-10-4-5-14(19(22)23)11(2)15(10)17-16(21)18-8-6-13(7-9-18)12(3)20/h4-5,12-13,20H,6-9H2,1-3H3,(H,17,21). The zero-order valence-corrected chi connectivity index (χ0v) is 13.7. The van der Waals surface area contributed by atoms with Gasteiger partial charge in [0.15, 0.2) is 0 Å². The molecule has 1 fully saturated rings. The summed E-state index contributed by atoms with van der Waals surface area (Å²) in [6.45, 7) is 6.38. The van der Waals surface area contributed by atoms with E-state index >= 15 is 0 Å². The molecule has 1 aliphatic heterocycles. The number of benzene rings is 1. The van der Waals surface area contributed by atoms with Crippen molar-refractivity contribution >= 4 is 17.4 Å². The van der Waals surface area contributed by atoms with Crippen LogP contribution in [0.1, 0.15) is 30.9 Å². The van der Waals surface area contributed by atoms with Crippen LogP contribution in [-0.4, -0.2) is 40.2 Å². The number of urea groups is 1. The van der Waals surface area contributed by atoms with E-state index in [0.717, 1.165) is 18.4 Å². The lowest BCUT2D eigenvalue weighted by atomic mass is 9.92. The summed E-state index contributed by atoms with van der Waals surface area (Å²) in [6, 6.07) is 2.84. The number of aliphatic hydroxyl groups is 1. The molecule has 2 amide bonds. The number of nitro groups is 1. The Kier molecular flexibility index (Phi) is 5.20. The van der Waals surface area contributed by atoms with Crippen LogP contribution in [-0.2, 0) is 0 Å². The first kappa shape index (κ1) is 17.2. The Morgan fingerprint density at radius 1 is 1.39 bits per heavy atom. The van der Waals surface area contributed by atoms with E-state index in [4.69, 9.17) is 0 Å². The zero-order chi connectivity index (χ0) is 17.1. The Hall–Kier alpha value is -2.15. The summed E-state index contributed by atoms with van der Waals surface area (Å²) in [5.41, 5.74) is 1.75. The van der Waals surface area contributed by atoms with E-state index in [-0.39, 0.29) is 23.7 Å². The minimum atomic E-state index is -0.446. The maximum atomic E-state index is 12.4. The maximum absolute atomic E-state index is 12.4. The molecule has 7 heteroatoms. The van der Waals surface area contributed by atoms with Crippen molar-refractivity contribution < 1.29 is 14.8 Å². The second kappa shape index (κ2) is 6.95. The zero-order valence-electron chi connectivity index (χ0n) is 13.7. The maximum Gasteiger partial charge on any atom is 0.321 e. The molecule has 1 atom stereocenters. The van der Waals surface area contributed by atoms with Crippen molar-refractivity contribution in [3.63, 3.8) is 0 Å². The summed E-state index contributed by atoms with van der Waals surface area (Å²) in [6.07, 6.45) is 1.16. The molecule has 1 heterocycles. The second-order valence-corrected chi connectivity index (χ2v) is 6.15. The van der Waals surface area contributed by atoms with Gasteiger partial charge in [-0.25, -0.2) is 4.79 Å². The number of piperidine rings is 1. The Bertz CT molecular complexity index is 608. The first-order chi connectivity index (χ1) is 10.8. The molecule has 2 N–H and O–H groups in total. The Morgan fingerprint density at radius 2 is 2.00 bits per heavy atom. The van der Waals surface area contributed by atoms with Crippen LogP contribution in [0, 0.1) is 29.9 Å². The number of nitrogens with one attached hydrogen (secondary N) is 1. The fourth-order valence-corrected chi connectivity index (χ4v) is 3.00. The summed E-state index contributed by atoms with van der Waals surface area (Å²) >= 11 is 0. The molecule has 126 valence electrons. The van der Waals surface area contributed by atoms with Crippen LogP contribution in [0.5, 0.6) is 0 Å². The molecule has 1 saturated heterocycles. The monoisotopic (exact) mass is 321 g/mol. The van der Waals surface area contributed by atoms with E-state index in [9.17, 15) is 20.0 Å². The topological polar surface area (TPSA) is 95.7 Å². The molecule has 23 heavy (non-hydrogen) atoms. The third-order valence-electron chi connectivity index (χ3n) is 4.58. The number of amides is 2. The fraction of sp³-hybridized carbons (Fsp3) is 0.562. The third kappa shape index (κ3) is 3.79. The van der Waals surface area contributed by atoms with Gasteiger partial charge < -0.3 is 15.3 Å². The third-order valence-corrected chi connectivity index (χ3v) is 4.58. The number of aryl methyl sites for hydroxylation is 1. The molecular formula is C16H23N3O4. The summed E-state index contributed by atoms with van der Waals surface area (Å²) in [4.78, 5) is 24.7. The molecule has 0 saturated carbocycles. The molecule has 1 aliphatic rings. The number of anilines is 1. The van der Waals surface area contributed by atoms with Crippen LogP contribution >= 0.6 is 0 Å². The van der Waals surface area contributed by atoms with Gasteiger partial charge in [0.25, 0.3) is 5.69 Å². The summed E-state index contributed by atoms with van der Waals surface area (Å²) in [5.74, 6) is 0.223. The van der Waals surface area contributed by atoms with Gasteiger partial charge in [0.05, 0.1) is 22.3 Å². The van der Waals surface area contributed by atoms with Crippen molar-refractivity contribution in [3.05, 3.63) is 33.4 Å². The van der Waals surface area contributed by atoms with E-state index in [0.29, 0.717) is 24.3 Å². The van der Waals surface area contributed by atoms with Gasteiger partial charge in [0.1, 0.15) is 0 Å². The van der Waals surface area contributed by atoms with E-state index in [1.807, 2.05) is 6.92 Å². The summed E-state index contributed by atoms with van der Waals surface area (Å²) < 4.78 is 0. The molecule has 0 radical (unpaired) electrons. The number of hydrogen-bond acceptors (Lipinski definition) is 4. The highest BCUT2D eigenvalue weighted by Crippen LogP contribution is 2.29. The van der Waals surface area contributed by atoms with Crippen molar-refractivity contribution in [2.45, 2.75) is 39.7 Å². The van der Waals surface area contributed by atoms with Crippen molar-refractivity contribution in [1.82, 2.24) is 4.90 Å². The van der Waals surface area contributed by atoms with Gasteiger partial charge in [-0.15, -0.1) is 0 Å². The minimum absolute atomic E-state index is 0.00119. The molecule has 1 unspecified atom stereocenters. The molecular weight excluding hydrogens is 298 g/mol. The lowest BCUT2D eigenvalue weighted by molar-refractivity contribution is -0.385. The van der Waals surface area contributed by atoms with Gasteiger partial charge in [0.2, 0.25) is 0 Å². The average Bonchev–Trinajstić information content (AvgIpc) is 2.50. The molecule has 0 aliphatic carbocycles. The van der Waals surface area contributed by atoms with Gasteiger partial charge >= 0.3 is 6.03 Å². The SMILES string of the molecule is Cc1ccc([N+](=O)[O-])c(C)c1NC(=O)N1CCC(C(C)O)CC1. The van der Waals surface area contributed by atoms with Gasteiger partial charge in [-0.05, 0) is 45.1 Å². The summed E-state index contributed by atoms with van der Waals surface area (Å²) in [5, 5.41) is 23.4. The molecule has 7 nitrogen and oxygen atoms in total. The van der Waals surface area contributed by atoms with E-state index in [1.54, 1.807) is 24.8 Å². The lowest BCUT2D eigenvalue weighted by Gasteiger charge is -2.33. The fourth-order valence-electron chi connectivity index (χ4n) is 3.00. The number of carbonyl (C=O) groups excluding carboxylic acids is 1. The van der Waals surface area contributed by atoms with Crippen molar-refractivity contribution in [2.24, 2.45) is 5.92 Å². The highest BCUT2D eigenvalue weighted by atomic mass is 16.6. The molecule has 1 aromatic carbocycles. The van der Waals surface area contributed by atoms with Crippen LogP contribution in [0.3, 0.4) is 0 Å². The first-order valence-corrected chi connectivity index (χ1v) is 7.80. The highest BCUT2D eigenvalue weighted by Gasteiger charge is 2.26. The van der Waals surface area contributed by atoms with Crippen molar-refractivity contribution in [2.75, 3.05) is 18.4 Å². The quantitative estimate of drug-likeness (QED) is 0.661. The van der Waals surface area contributed by atoms with Crippen LogP contribution in [0.15, 0.2) is 12.1 Å².